The van der Waals surface area contributed by atoms with Crippen LogP contribution in [0, 0.1) is 5.92 Å². The maximum atomic E-state index is 13.4. The molecule has 0 bridgehead atoms. The highest BCUT2D eigenvalue weighted by molar-refractivity contribution is 7.18. The summed E-state index contributed by atoms with van der Waals surface area (Å²) in [4.78, 5) is 15.1. The second-order valence-electron chi connectivity index (χ2n) is 7.09. The molecule has 0 atom stereocenters. The minimum atomic E-state index is -0.137. The Bertz CT molecular complexity index is 970. The van der Waals surface area contributed by atoms with Gasteiger partial charge in [0.1, 0.15) is 16.5 Å². The van der Waals surface area contributed by atoms with Gasteiger partial charge in [0.2, 0.25) is 5.13 Å². The van der Waals surface area contributed by atoms with Gasteiger partial charge in [-0.25, -0.2) is 0 Å². The molecular weight excluding hydrogens is 398 g/mol. The fourth-order valence-electron chi connectivity index (χ4n) is 2.98. The third-order valence-electron chi connectivity index (χ3n) is 4.27. The first-order valence-corrected chi connectivity index (χ1v) is 11.0. The second-order valence-corrected chi connectivity index (χ2v) is 8.04. The molecule has 0 aliphatic heterocycles. The molecule has 158 valence electrons. The molecule has 0 spiro atoms. The van der Waals surface area contributed by atoms with Gasteiger partial charge < -0.3 is 9.47 Å². The Labute approximate surface area is 181 Å². The molecule has 1 heterocycles. The lowest BCUT2D eigenvalue weighted by Crippen LogP contribution is -2.34. The van der Waals surface area contributed by atoms with E-state index in [4.69, 9.17) is 9.47 Å². The number of rotatable bonds is 9. The van der Waals surface area contributed by atoms with Crippen LogP contribution in [0.4, 0.5) is 5.13 Å². The first kappa shape index (κ1) is 21.8. The van der Waals surface area contributed by atoms with Crippen LogP contribution in [0.25, 0.3) is 10.6 Å². The monoisotopic (exact) mass is 425 g/mol. The quantitative estimate of drug-likeness (QED) is 0.465. The van der Waals surface area contributed by atoms with E-state index in [-0.39, 0.29) is 11.8 Å². The Hall–Kier alpha value is -2.93. The van der Waals surface area contributed by atoms with Crippen LogP contribution in [0.15, 0.2) is 48.5 Å². The zero-order valence-electron chi connectivity index (χ0n) is 17.8. The summed E-state index contributed by atoms with van der Waals surface area (Å²) < 4.78 is 11.2. The van der Waals surface area contributed by atoms with Crippen molar-refractivity contribution in [3.05, 3.63) is 54.1 Å². The third kappa shape index (κ3) is 5.16. The number of carbonyl (C=O) groups excluding carboxylic acids is 1. The molecule has 0 N–H and O–H groups in total. The van der Waals surface area contributed by atoms with Crippen molar-refractivity contribution in [2.24, 2.45) is 5.92 Å². The van der Waals surface area contributed by atoms with Crippen molar-refractivity contribution < 1.29 is 14.3 Å². The smallest absolute Gasteiger partial charge is 0.263 e. The number of ether oxygens (including phenoxy) is 2. The highest BCUT2D eigenvalue weighted by Gasteiger charge is 2.25. The SMILES string of the molecule is CCOc1ccc(-c2nnc(N(CC(C)C)C(=O)c3ccccc3OCC)s2)cc1. The molecule has 3 rings (SSSR count). The summed E-state index contributed by atoms with van der Waals surface area (Å²) in [5.74, 6) is 1.53. The van der Waals surface area contributed by atoms with Crippen molar-refractivity contribution in [1.82, 2.24) is 10.2 Å². The summed E-state index contributed by atoms with van der Waals surface area (Å²) in [6, 6.07) is 15.0. The molecule has 0 saturated carbocycles. The predicted molar refractivity (Wildman–Crippen MR) is 121 cm³/mol. The lowest BCUT2D eigenvalue weighted by atomic mass is 10.1. The first-order valence-electron chi connectivity index (χ1n) is 10.1. The number of benzene rings is 2. The molecule has 0 aliphatic carbocycles. The van der Waals surface area contributed by atoms with Crippen LogP contribution in [0.2, 0.25) is 0 Å². The molecule has 30 heavy (non-hydrogen) atoms. The van der Waals surface area contributed by atoms with Crippen molar-refractivity contribution in [1.29, 1.82) is 0 Å². The first-order chi connectivity index (χ1) is 14.5. The van der Waals surface area contributed by atoms with Gasteiger partial charge in [-0.15, -0.1) is 10.2 Å². The molecular formula is C23H27N3O3S. The summed E-state index contributed by atoms with van der Waals surface area (Å²) in [6.07, 6.45) is 0. The van der Waals surface area contributed by atoms with Crippen LogP contribution in [0.1, 0.15) is 38.1 Å². The van der Waals surface area contributed by atoms with E-state index in [1.807, 2.05) is 56.3 Å². The molecule has 1 aromatic heterocycles. The number of carbonyl (C=O) groups is 1. The van der Waals surface area contributed by atoms with E-state index in [9.17, 15) is 4.79 Å². The van der Waals surface area contributed by atoms with Gasteiger partial charge in [0.05, 0.1) is 18.8 Å². The molecule has 1 amide bonds. The lowest BCUT2D eigenvalue weighted by molar-refractivity contribution is 0.0980. The van der Waals surface area contributed by atoms with E-state index in [0.29, 0.717) is 36.2 Å². The topological polar surface area (TPSA) is 64.6 Å². The average Bonchev–Trinajstić information content (AvgIpc) is 3.23. The van der Waals surface area contributed by atoms with Crippen molar-refractivity contribution >= 4 is 22.4 Å². The van der Waals surface area contributed by atoms with E-state index in [1.54, 1.807) is 11.0 Å². The van der Waals surface area contributed by atoms with Crippen molar-refractivity contribution in [2.45, 2.75) is 27.7 Å². The second kappa shape index (κ2) is 10.2. The predicted octanol–water partition coefficient (Wildman–Crippen LogP) is 5.31. The summed E-state index contributed by atoms with van der Waals surface area (Å²) in [5, 5.41) is 9.99. The van der Waals surface area contributed by atoms with E-state index in [0.717, 1.165) is 16.3 Å². The van der Waals surface area contributed by atoms with Crippen LogP contribution in [0.3, 0.4) is 0 Å². The molecule has 0 radical (unpaired) electrons. The van der Waals surface area contributed by atoms with E-state index in [2.05, 4.69) is 24.0 Å². The summed E-state index contributed by atoms with van der Waals surface area (Å²) in [5.41, 5.74) is 1.46. The zero-order valence-corrected chi connectivity index (χ0v) is 18.6. The van der Waals surface area contributed by atoms with Gasteiger partial charge in [0.25, 0.3) is 5.91 Å². The molecule has 3 aromatic rings. The van der Waals surface area contributed by atoms with E-state index in [1.165, 1.54) is 11.3 Å². The zero-order chi connectivity index (χ0) is 21.5. The lowest BCUT2D eigenvalue weighted by Gasteiger charge is -2.22. The Balaban J connectivity index is 1.90. The fraction of sp³-hybridized carbons (Fsp3) is 0.348. The number of aromatic nitrogens is 2. The average molecular weight is 426 g/mol. The Morgan fingerprint density at radius 3 is 2.37 bits per heavy atom. The Morgan fingerprint density at radius 2 is 1.70 bits per heavy atom. The van der Waals surface area contributed by atoms with Gasteiger partial charge >= 0.3 is 0 Å². The Morgan fingerprint density at radius 1 is 1.00 bits per heavy atom. The minimum absolute atomic E-state index is 0.137. The van der Waals surface area contributed by atoms with Crippen molar-refractivity contribution in [2.75, 3.05) is 24.7 Å². The maximum absolute atomic E-state index is 13.4. The van der Waals surface area contributed by atoms with Gasteiger partial charge in [0, 0.05) is 12.1 Å². The van der Waals surface area contributed by atoms with Crippen LogP contribution in [-0.4, -0.2) is 35.9 Å². The Kier molecular flexibility index (Phi) is 7.41. The van der Waals surface area contributed by atoms with E-state index < -0.39 is 0 Å². The number of para-hydroxylation sites is 1. The van der Waals surface area contributed by atoms with Gasteiger partial charge in [-0.05, 0) is 56.2 Å². The molecule has 0 unspecified atom stereocenters. The summed E-state index contributed by atoms with van der Waals surface area (Å²) in [7, 11) is 0. The van der Waals surface area contributed by atoms with Crippen molar-refractivity contribution in [3.8, 4) is 22.1 Å². The summed E-state index contributed by atoms with van der Waals surface area (Å²) >= 11 is 1.40. The number of amides is 1. The molecule has 2 aromatic carbocycles. The molecule has 0 fully saturated rings. The number of hydrogen-bond donors (Lipinski definition) is 0. The largest absolute Gasteiger partial charge is 0.494 e. The third-order valence-corrected chi connectivity index (χ3v) is 5.26. The van der Waals surface area contributed by atoms with Crippen LogP contribution >= 0.6 is 11.3 Å². The molecule has 6 nitrogen and oxygen atoms in total. The van der Waals surface area contributed by atoms with Gasteiger partial charge in [-0.2, -0.15) is 0 Å². The van der Waals surface area contributed by atoms with Gasteiger partial charge in [-0.3, -0.25) is 9.69 Å². The van der Waals surface area contributed by atoms with Gasteiger partial charge in [0.15, 0.2) is 0 Å². The number of nitrogens with zero attached hydrogens (tertiary/aromatic N) is 3. The van der Waals surface area contributed by atoms with Crippen LogP contribution < -0.4 is 14.4 Å². The summed E-state index contributed by atoms with van der Waals surface area (Å²) in [6.45, 7) is 9.66. The maximum Gasteiger partial charge on any atom is 0.263 e. The van der Waals surface area contributed by atoms with Crippen molar-refractivity contribution in [3.63, 3.8) is 0 Å². The van der Waals surface area contributed by atoms with Crippen LogP contribution in [0.5, 0.6) is 11.5 Å². The van der Waals surface area contributed by atoms with Gasteiger partial charge in [-0.1, -0.05) is 37.3 Å². The fourth-order valence-corrected chi connectivity index (χ4v) is 3.84. The van der Waals surface area contributed by atoms with E-state index >= 15 is 0 Å². The van der Waals surface area contributed by atoms with Crippen LogP contribution in [-0.2, 0) is 0 Å². The highest BCUT2D eigenvalue weighted by Crippen LogP contribution is 2.32. The standard InChI is InChI=1S/C23H27N3O3S/c1-5-28-18-13-11-17(12-14-18)21-24-25-23(30-21)26(15-16(3)4)22(27)19-9-7-8-10-20(19)29-6-2/h7-14,16H,5-6,15H2,1-4H3. The molecule has 7 heteroatoms. The number of anilines is 1. The number of hydrogen-bond acceptors (Lipinski definition) is 6. The normalized spacial score (nSPS) is 10.8. The minimum Gasteiger partial charge on any atom is -0.494 e. The molecule has 0 saturated heterocycles. The molecule has 0 aliphatic rings. The highest BCUT2D eigenvalue weighted by atomic mass is 32.1.